The number of aromatic nitrogens is 1. The van der Waals surface area contributed by atoms with Gasteiger partial charge in [0, 0.05) is 41.6 Å². The number of H-pyrrole nitrogens is 1. The van der Waals surface area contributed by atoms with Crippen molar-refractivity contribution in [1.82, 2.24) is 14.8 Å². The molecule has 2 aromatic rings. The van der Waals surface area contributed by atoms with E-state index in [0.717, 1.165) is 16.8 Å². The fraction of sp³-hybridized carbons (Fsp3) is 0.526. The molecule has 2 aliphatic heterocycles. The number of aromatic amines is 1. The number of sulfone groups is 1. The van der Waals surface area contributed by atoms with E-state index < -0.39 is 15.1 Å². The van der Waals surface area contributed by atoms with Crippen LogP contribution in [0.15, 0.2) is 18.2 Å². The van der Waals surface area contributed by atoms with Crippen LogP contribution in [-0.4, -0.2) is 73.3 Å². The smallest absolute Gasteiger partial charge is 0.227 e. The highest BCUT2D eigenvalue weighted by molar-refractivity contribution is 7.92. The van der Waals surface area contributed by atoms with Gasteiger partial charge in [-0.15, -0.1) is 0 Å². The number of benzene rings is 1. The third-order valence-corrected chi connectivity index (χ3v) is 8.32. The number of amides is 1. The van der Waals surface area contributed by atoms with Crippen molar-refractivity contribution in [3.63, 3.8) is 0 Å². The van der Waals surface area contributed by atoms with Gasteiger partial charge in [-0.05, 0) is 44.8 Å². The zero-order valence-electron chi connectivity index (χ0n) is 15.7. The Morgan fingerprint density at radius 2 is 2.07 bits per heavy atom. The van der Waals surface area contributed by atoms with Gasteiger partial charge in [-0.25, -0.2) is 12.8 Å². The number of carbonyl (C=O) groups is 1. The molecular formula is C19H24FN3O3S. The van der Waals surface area contributed by atoms with Crippen molar-refractivity contribution in [3.8, 4) is 0 Å². The maximum atomic E-state index is 13.6. The molecule has 0 unspecified atom stereocenters. The summed E-state index contributed by atoms with van der Waals surface area (Å²) in [6, 6.07) is 4.44. The number of rotatable bonds is 3. The maximum Gasteiger partial charge on any atom is 0.227 e. The van der Waals surface area contributed by atoms with E-state index in [9.17, 15) is 17.6 Å². The Kier molecular flexibility index (Phi) is 4.31. The van der Waals surface area contributed by atoms with Crippen molar-refractivity contribution in [2.24, 2.45) is 5.92 Å². The molecule has 0 aliphatic carbocycles. The number of nitrogens with one attached hydrogen (secondary N) is 1. The molecule has 146 valence electrons. The van der Waals surface area contributed by atoms with Crippen molar-refractivity contribution in [2.45, 2.75) is 24.6 Å². The highest BCUT2D eigenvalue weighted by Gasteiger charge is 2.53. The summed E-state index contributed by atoms with van der Waals surface area (Å²) >= 11 is 0. The second-order valence-electron chi connectivity index (χ2n) is 7.96. The van der Waals surface area contributed by atoms with Crippen LogP contribution in [0.4, 0.5) is 4.39 Å². The van der Waals surface area contributed by atoms with Crippen LogP contribution < -0.4 is 0 Å². The molecule has 3 heterocycles. The molecule has 1 aromatic heterocycles. The molecule has 2 aliphatic rings. The van der Waals surface area contributed by atoms with Crippen LogP contribution in [0.1, 0.15) is 11.3 Å². The zero-order chi connectivity index (χ0) is 19.5. The Hall–Kier alpha value is -1.93. The topological polar surface area (TPSA) is 73.5 Å². The highest BCUT2D eigenvalue weighted by Crippen LogP contribution is 2.36. The summed E-state index contributed by atoms with van der Waals surface area (Å²) in [5, 5.41) is 0.231. The number of hydrogen-bond donors (Lipinski definition) is 1. The molecule has 6 nitrogen and oxygen atoms in total. The molecule has 0 bridgehead atoms. The number of nitrogens with zero attached hydrogens (tertiary/aromatic N) is 2. The van der Waals surface area contributed by atoms with Crippen LogP contribution in [0.25, 0.3) is 10.9 Å². The van der Waals surface area contributed by atoms with E-state index in [1.165, 1.54) is 12.1 Å². The Balaban J connectivity index is 1.57. The lowest BCUT2D eigenvalue weighted by molar-refractivity contribution is -0.129. The van der Waals surface area contributed by atoms with Gasteiger partial charge in [0.2, 0.25) is 5.91 Å². The Labute approximate surface area is 158 Å². The number of aryl methyl sites for hydroxylation is 1. The van der Waals surface area contributed by atoms with Crippen LogP contribution in [0.2, 0.25) is 0 Å². The summed E-state index contributed by atoms with van der Waals surface area (Å²) in [6.07, 6.45) is 0.140. The van der Waals surface area contributed by atoms with Gasteiger partial charge in [0.15, 0.2) is 9.84 Å². The Morgan fingerprint density at radius 1 is 1.33 bits per heavy atom. The number of halogens is 1. The van der Waals surface area contributed by atoms with Crippen LogP contribution >= 0.6 is 0 Å². The van der Waals surface area contributed by atoms with Crippen molar-refractivity contribution < 1.29 is 17.6 Å². The minimum absolute atomic E-state index is 0.0459. The van der Waals surface area contributed by atoms with Crippen molar-refractivity contribution >= 4 is 26.6 Å². The quantitative estimate of drug-likeness (QED) is 0.854. The summed E-state index contributed by atoms with van der Waals surface area (Å²) in [5.74, 6) is -0.329. The molecule has 0 radical (unpaired) electrons. The number of hydrogen-bond acceptors (Lipinski definition) is 4. The van der Waals surface area contributed by atoms with Gasteiger partial charge in [-0.3, -0.25) is 4.79 Å². The number of likely N-dealkylation sites (tertiary alicyclic amines) is 1. The molecule has 2 saturated heterocycles. The second kappa shape index (κ2) is 6.31. The lowest BCUT2D eigenvalue weighted by Crippen LogP contribution is -2.39. The summed E-state index contributed by atoms with van der Waals surface area (Å²) in [4.78, 5) is 19.7. The van der Waals surface area contributed by atoms with E-state index in [1.54, 1.807) is 11.0 Å². The molecule has 1 N–H and O–H groups in total. The van der Waals surface area contributed by atoms with E-state index in [0.29, 0.717) is 11.9 Å². The first kappa shape index (κ1) is 18.4. The predicted molar refractivity (Wildman–Crippen MR) is 102 cm³/mol. The summed E-state index contributed by atoms with van der Waals surface area (Å²) in [7, 11) is 0.585. The van der Waals surface area contributed by atoms with Gasteiger partial charge in [0.25, 0.3) is 0 Å². The van der Waals surface area contributed by atoms with E-state index in [-0.39, 0.29) is 42.4 Å². The molecule has 3 atom stereocenters. The van der Waals surface area contributed by atoms with E-state index in [4.69, 9.17) is 0 Å². The zero-order valence-corrected chi connectivity index (χ0v) is 16.5. The van der Waals surface area contributed by atoms with Gasteiger partial charge in [0.05, 0.1) is 17.4 Å². The predicted octanol–water partition coefficient (Wildman–Crippen LogP) is 1.34. The molecule has 0 spiro atoms. The lowest BCUT2D eigenvalue weighted by atomic mass is 10.00. The van der Waals surface area contributed by atoms with Crippen molar-refractivity contribution in [2.75, 3.05) is 32.9 Å². The third-order valence-electron chi connectivity index (χ3n) is 6.09. The third kappa shape index (κ3) is 3.04. The van der Waals surface area contributed by atoms with Gasteiger partial charge < -0.3 is 14.8 Å². The number of fused-ring (bicyclic) bond motifs is 2. The van der Waals surface area contributed by atoms with E-state index >= 15 is 0 Å². The van der Waals surface area contributed by atoms with Gasteiger partial charge in [0.1, 0.15) is 5.82 Å². The average molecular weight is 393 g/mol. The van der Waals surface area contributed by atoms with E-state index in [2.05, 4.69) is 4.98 Å². The van der Waals surface area contributed by atoms with Crippen molar-refractivity contribution in [1.29, 1.82) is 0 Å². The molecule has 4 rings (SSSR count). The standard InChI is InChI=1S/C19H24FN3O3S/c1-11-13(14-6-12(20)4-5-16(14)21-11)7-19(24)23-8-15-17(22(2)3)10-27(25,26)18(15)9-23/h4-6,15,17-18,21H,7-10H2,1-3H3/t15-,17+,18-/m0/s1. The second-order valence-corrected chi connectivity index (χ2v) is 10.2. The van der Waals surface area contributed by atoms with Gasteiger partial charge in [-0.1, -0.05) is 0 Å². The minimum Gasteiger partial charge on any atom is -0.358 e. The average Bonchev–Trinajstić information content (AvgIpc) is 3.22. The first-order chi connectivity index (χ1) is 12.7. The summed E-state index contributed by atoms with van der Waals surface area (Å²) in [6.45, 7) is 2.58. The maximum absolute atomic E-state index is 13.6. The molecule has 27 heavy (non-hydrogen) atoms. The Morgan fingerprint density at radius 3 is 2.78 bits per heavy atom. The first-order valence-electron chi connectivity index (χ1n) is 9.10. The molecular weight excluding hydrogens is 369 g/mol. The molecule has 2 fully saturated rings. The minimum atomic E-state index is -3.19. The first-order valence-corrected chi connectivity index (χ1v) is 10.8. The van der Waals surface area contributed by atoms with Crippen LogP contribution in [-0.2, 0) is 21.1 Å². The van der Waals surface area contributed by atoms with Crippen LogP contribution in [0.3, 0.4) is 0 Å². The van der Waals surface area contributed by atoms with Crippen molar-refractivity contribution in [3.05, 3.63) is 35.3 Å². The SMILES string of the molecule is Cc1[nH]c2ccc(F)cc2c1CC(=O)N1C[C@H]2[C@H](N(C)C)CS(=O)(=O)[C@H]2C1. The lowest BCUT2D eigenvalue weighted by Gasteiger charge is -2.25. The normalized spacial score (nSPS) is 26.9. The van der Waals surface area contributed by atoms with Gasteiger partial charge in [-0.2, -0.15) is 0 Å². The van der Waals surface area contributed by atoms with Crippen LogP contribution in [0.5, 0.6) is 0 Å². The van der Waals surface area contributed by atoms with Crippen LogP contribution in [0, 0.1) is 18.7 Å². The highest BCUT2D eigenvalue weighted by atomic mass is 32.2. The molecule has 1 amide bonds. The summed E-state index contributed by atoms with van der Waals surface area (Å²) in [5.41, 5.74) is 2.41. The molecule has 8 heteroatoms. The largest absolute Gasteiger partial charge is 0.358 e. The van der Waals surface area contributed by atoms with E-state index in [1.807, 2.05) is 25.9 Å². The monoisotopic (exact) mass is 393 g/mol. The molecule has 1 aromatic carbocycles. The molecule has 0 saturated carbocycles. The fourth-order valence-electron chi connectivity index (χ4n) is 4.61. The Bertz CT molecular complexity index is 1010. The summed E-state index contributed by atoms with van der Waals surface area (Å²) < 4.78 is 38.6. The fourth-order valence-corrected chi connectivity index (χ4v) is 7.09. The number of carbonyl (C=O) groups excluding carboxylic acids is 1. The van der Waals surface area contributed by atoms with Gasteiger partial charge >= 0.3 is 0 Å².